The van der Waals surface area contributed by atoms with Crippen LogP contribution in [0.2, 0.25) is 0 Å². The summed E-state index contributed by atoms with van der Waals surface area (Å²) in [6.45, 7) is 5.58. The standard InChI is InChI=1S/C18H20BrNO/c1-3-11-20(13-15-9-7-14(2)8-10-15)18(21)16-5-4-6-17(19)12-16/h4-10,12H,3,11,13H2,1-2H3. The minimum atomic E-state index is 0.0822. The number of carbonyl (C=O) groups is 1. The van der Waals surface area contributed by atoms with Crippen molar-refractivity contribution in [2.75, 3.05) is 6.54 Å². The van der Waals surface area contributed by atoms with Crippen LogP contribution in [-0.4, -0.2) is 17.4 Å². The molecule has 2 nitrogen and oxygen atoms in total. The maximum Gasteiger partial charge on any atom is 0.254 e. The third-order valence-corrected chi connectivity index (χ3v) is 3.84. The van der Waals surface area contributed by atoms with Gasteiger partial charge in [-0.05, 0) is 37.1 Å². The molecular formula is C18H20BrNO. The van der Waals surface area contributed by atoms with Crippen molar-refractivity contribution in [2.45, 2.75) is 26.8 Å². The zero-order valence-corrected chi connectivity index (χ0v) is 14.1. The van der Waals surface area contributed by atoms with Gasteiger partial charge in [-0.15, -0.1) is 0 Å². The first-order valence-corrected chi connectivity index (χ1v) is 8.00. The highest BCUT2D eigenvalue weighted by Gasteiger charge is 2.15. The number of rotatable bonds is 5. The summed E-state index contributed by atoms with van der Waals surface area (Å²) in [5.74, 6) is 0.0822. The Bertz CT molecular complexity index is 607. The molecule has 0 unspecified atom stereocenters. The van der Waals surface area contributed by atoms with Crippen molar-refractivity contribution < 1.29 is 4.79 Å². The summed E-state index contributed by atoms with van der Waals surface area (Å²) >= 11 is 3.42. The maximum absolute atomic E-state index is 12.7. The van der Waals surface area contributed by atoms with E-state index in [4.69, 9.17) is 0 Å². The average molecular weight is 346 g/mol. The van der Waals surface area contributed by atoms with E-state index in [-0.39, 0.29) is 5.91 Å². The average Bonchev–Trinajstić information content (AvgIpc) is 2.48. The molecule has 0 radical (unpaired) electrons. The molecule has 0 aliphatic rings. The Morgan fingerprint density at radius 1 is 1.14 bits per heavy atom. The van der Waals surface area contributed by atoms with E-state index in [1.807, 2.05) is 29.2 Å². The van der Waals surface area contributed by atoms with E-state index in [0.717, 1.165) is 28.6 Å². The predicted molar refractivity (Wildman–Crippen MR) is 90.4 cm³/mol. The molecule has 0 atom stereocenters. The summed E-state index contributed by atoms with van der Waals surface area (Å²) in [4.78, 5) is 14.6. The van der Waals surface area contributed by atoms with Crippen molar-refractivity contribution in [3.05, 3.63) is 69.7 Å². The lowest BCUT2D eigenvalue weighted by molar-refractivity contribution is 0.0743. The van der Waals surface area contributed by atoms with Crippen LogP contribution in [0, 0.1) is 6.92 Å². The highest BCUT2D eigenvalue weighted by atomic mass is 79.9. The lowest BCUT2D eigenvalue weighted by Gasteiger charge is -2.22. The van der Waals surface area contributed by atoms with E-state index >= 15 is 0 Å². The van der Waals surface area contributed by atoms with Gasteiger partial charge in [0.05, 0.1) is 0 Å². The minimum absolute atomic E-state index is 0.0822. The Morgan fingerprint density at radius 2 is 1.86 bits per heavy atom. The summed E-state index contributed by atoms with van der Waals surface area (Å²) in [7, 11) is 0. The monoisotopic (exact) mass is 345 g/mol. The van der Waals surface area contributed by atoms with Crippen molar-refractivity contribution >= 4 is 21.8 Å². The Kier molecular flexibility index (Phi) is 5.57. The molecule has 21 heavy (non-hydrogen) atoms. The molecule has 0 aliphatic carbocycles. The maximum atomic E-state index is 12.7. The van der Waals surface area contributed by atoms with E-state index in [1.54, 1.807) is 0 Å². The molecule has 2 rings (SSSR count). The molecule has 0 saturated heterocycles. The number of hydrogen-bond donors (Lipinski definition) is 0. The van der Waals surface area contributed by atoms with E-state index < -0.39 is 0 Å². The molecule has 0 N–H and O–H groups in total. The highest BCUT2D eigenvalue weighted by molar-refractivity contribution is 9.10. The predicted octanol–water partition coefficient (Wildman–Crippen LogP) is 4.81. The van der Waals surface area contributed by atoms with Crippen molar-refractivity contribution in [3.63, 3.8) is 0 Å². The summed E-state index contributed by atoms with van der Waals surface area (Å²) in [5.41, 5.74) is 3.13. The number of benzene rings is 2. The smallest absolute Gasteiger partial charge is 0.254 e. The second-order valence-electron chi connectivity index (χ2n) is 5.22. The van der Waals surface area contributed by atoms with Gasteiger partial charge >= 0.3 is 0 Å². The first kappa shape index (κ1) is 15.8. The fraction of sp³-hybridized carbons (Fsp3) is 0.278. The molecule has 0 fully saturated rings. The number of nitrogens with zero attached hydrogens (tertiary/aromatic N) is 1. The molecule has 2 aromatic carbocycles. The molecule has 0 aliphatic heterocycles. The SMILES string of the molecule is CCCN(Cc1ccc(C)cc1)C(=O)c1cccc(Br)c1. The van der Waals surface area contributed by atoms with Crippen LogP contribution in [0.4, 0.5) is 0 Å². The van der Waals surface area contributed by atoms with Crippen LogP contribution in [-0.2, 0) is 6.54 Å². The van der Waals surface area contributed by atoms with E-state index in [2.05, 4.69) is 54.0 Å². The lowest BCUT2D eigenvalue weighted by atomic mass is 10.1. The van der Waals surface area contributed by atoms with Gasteiger partial charge in [0.25, 0.3) is 5.91 Å². The van der Waals surface area contributed by atoms with Crippen molar-refractivity contribution in [3.8, 4) is 0 Å². The third kappa shape index (κ3) is 4.43. The molecule has 1 amide bonds. The molecule has 0 spiro atoms. The van der Waals surface area contributed by atoms with Gasteiger partial charge in [-0.2, -0.15) is 0 Å². The Balaban J connectivity index is 2.18. The van der Waals surface area contributed by atoms with Crippen LogP contribution in [0.15, 0.2) is 53.0 Å². The van der Waals surface area contributed by atoms with Gasteiger partial charge in [0.1, 0.15) is 0 Å². The van der Waals surface area contributed by atoms with Gasteiger partial charge in [0, 0.05) is 23.1 Å². The van der Waals surface area contributed by atoms with Crippen molar-refractivity contribution in [1.82, 2.24) is 4.90 Å². The van der Waals surface area contributed by atoms with Crippen molar-refractivity contribution in [1.29, 1.82) is 0 Å². The molecule has 0 bridgehead atoms. The summed E-state index contributed by atoms with van der Waals surface area (Å²) in [5, 5.41) is 0. The number of carbonyl (C=O) groups excluding carboxylic acids is 1. The first-order valence-electron chi connectivity index (χ1n) is 7.20. The molecule has 3 heteroatoms. The van der Waals surface area contributed by atoms with Crippen LogP contribution < -0.4 is 0 Å². The second-order valence-corrected chi connectivity index (χ2v) is 6.14. The van der Waals surface area contributed by atoms with Gasteiger partial charge in [-0.25, -0.2) is 0 Å². The van der Waals surface area contributed by atoms with Gasteiger partial charge in [0.15, 0.2) is 0 Å². The van der Waals surface area contributed by atoms with Gasteiger partial charge in [-0.3, -0.25) is 4.79 Å². The molecule has 2 aromatic rings. The van der Waals surface area contributed by atoms with Gasteiger partial charge in [-0.1, -0.05) is 58.7 Å². The minimum Gasteiger partial charge on any atom is -0.334 e. The van der Waals surface area contributed by atoms with E-state index in [1.165, 1.54) is 5.56 Å². The lowest BCUT2D eigenvalue weighted by Crippen LogP contribution is -2.31. The van der Waals surface area contributed by atoms with Crippen molar-refractivity contribution in [2.24, 2.45) is 0 Å². The fourth-order valence-electron chi connectivity index (χ4n) is 2.24. The van der Waals surface area contributed by atoms with Crippen LogP contribution in [0.1, 0.15) is 34.8 Å². The molecular weight excluding hydrogens is 326 g/mol. The van der Waals surface area contributed by atoms with Crippen LogP contribution in [0.25, 0.3) is 0 Å². The van der Waals surface area contributed by atoms with E-state index in [9.17, 15) is 4.79 Å². The zero-order valence-electron chi connectivity index (χ0n) is 12.5. The van der Waals surface area contributed by atoms with Gasteiger partial charge in [0.2, 0.25) is 0 Å². The first-order chi connectivity index (χ1) is 10.1. The molecule has 0 heterocycles. The van der Waals surface area contributed by atoms with Crippen LogP contribution in [0.5, 0.6) is 0 Å². The summed E-state index contributed by atoms with van der Waals surface area (Å²) < 4.78 is 0.931. The quantitative estimate of drug-likeness (QED) is 0.761. The topological polar surface area (TPSA) is 20.3 Å². The largest absolute Gasteiger partial charge is 0.334 e. The Hall–Kier alpha value is -1.61. The summed E-state index contributed by atoms with van der Waals surface area (Å²) in [6, 6.07) is 15.9. The Morgan fingerprint density at radius 3 is 2.48 bits per heavy atom. The highest BCUT2D eigenvalue weighted by Crippen LogP contribution is 2.16. The number of hydrogen-bond acceptors (Lipinski definition) is 1. The van der Waals surface area contributed by atoms with Crippen LogP contribution >= 0.6 is 15.9 Å². The molecule has 0 saturated carbocycles. The third-order valence-electron chi connectivity index (χ3n) is 3.35. The second kappa shape index (κ2) is 7.41. The number of amides is 1. The molecule has 110 valence electrons. The normalized spacial score (nSPS) is 10.4. The number of aryl methyl sites for hydroxylation is 1. The Labute approximate surface area is 134 Å². The van der Waals surface area contributed by atoms with Crippen LogP contribution in [0.3, 0.4) is 0 Å². The molecule has 0 aromatic heterocycles. The fourth-order valence-corrected chi connectivity index (χ4v) is 2.64. The summed E-state index contributed by atoms with van der Waals surface area (Å²) in [6.07, 6.45) is 0.950. The number of halogens is 1. The van der Waals surface area contributed by atoms with E-state index in [0.29, 0.717) is 6.54 Å². The zero-order chi connectivity index (χ0) is 15.2. The van der Waals surface area contributed by atoms with Gasteiger partial charge < -0.3 is 4.90 Å².